The van der Waals surface area contributed by atoms with E-state index in [1.165, 1.54) is 16.7 Å². The molecule has 0 saturated carbocycles. The van der Waals surface area contributed by atoms with Crippen molar-refractivity contribution in [2.75, 3.05) is 13.2 Å². The summed E-state index contributed by atoms with van der Waals surface area (Å²) in [6.45, 7) is 5.61. The standard InChI is InChI=1S/C17H24O2/c1-15(11-12-18)7-6-8-16(2)13-19-14-17-9-4-3-5-10-17/h3-5,8-11,18H,6-7,12-14H2,1-2H3/b15-11+,16-8+. The molecule has 1 aromatic rings. The number of hydrogen-bond acceptors (Lipinski definition) is 2. The molecule has 2 heteroatoms. The lowest BCUT2D eigenvalue weighted by Gasteiger charge is -2.05. The second kappa shape index (κ2) is 9.54. The third-order valence-electron chi connectivity index (χ3n) is 2.91. The Morgan fingerprint density at radius 3 is 2.53 bits per heavy atom. The summed E-state index contributed by atoms with van der Waals surface area (Å²) in [5, 5.41) is 8.76. The van der Waals surface area contributed by atoms with E-state index in [0.29, 0.717) is 13.2 Å². The number of aliphatic hydroxyl groups excluding tert-OH is 1. The van der Waals surface area contributed by atoms with Gasteiger partial charge in [0.05, 0.1) is 19.8 Å². The number of ether oxygens (including phenoxy) is 1. The van der Waals surface area contributed by atoms with Gasteiger partial charge in [0.25, 0.3) is 0 Å². The van der Waals surface area contributed by atoms with Crippen LogP contribution in [0.15, 0.2) is 53.6 Å². The van der Waals surface area contributed by atoms with Crippen LogP contribution in [0.3, 0.4) is 0 Å². The summed E-state index contributed by atoms with van der Waals surface area (Å²) >= 11 is 0. The molecular formula is C17H24O2. The molecular weight excluding hydrogens is 236 g/mol. The summed E-state index contributed by atoms with van der Waals surface area (Å²) in [6.07, 6.45) is 6.06. The van der Waals surface area contributed by atoms with Crippen LogP contribution in [0.4, 0.5) is 0 Å². The first kappa shape index (κ1) is 15.7. The van der Waals surface area contributed by atoms with Crippen LogP contribution in [0.2, 0.25) is 0 Å². The molecule has 0 bridgehead atoms. The molecule has 0 aliphatic carbocycles. The van der Waals surface area contributed by atoms with E-state index in [9.17, 15) is 0 Å². The monoisotopic (exact) mass is 260 g/mol. The zero-order chi connectivity index (χ0) is 13.9. The minimum atomic E-state index is 0.134. The quantitative estimate of drug-likeness (QED) is 0.719. The molecule has 19 heavy (non-hydrogen) atoms. The maximum atomic E-state index is 8.76. The summed E-state index contributed by atoms with van der Waals surface area (Å²) in [5.74, 6) is 0. The van der Waals surface area contributed by atoms with E-state index in [-0.39, 0.29) is 6.61 Å². The van der Waals surface area contributed by atoms with E-state index in [2.05, 4.69) is 25.1 Å². The SMILES string of the molecule is C/C(=C\CO)CC/C=C(\C)COCc1ccccc1. The molecule has 0 unspecified atom stereocenters. The van der Waals surface area contributed by atoms with Crippen molar-refractivity contribution in [3.63, 3.8) is 0 Å². The highest BCUT2D eigenvalue weighted by molar-refractivity contribution is 5.13. The summed E-state index contributed by atoms with van der Waals surface area (Å²) in [4.78, 5) is 0. The molecule has 0 radical (unpaired) electrons. The molecule has 0 atom stereocenters. The van der Waals surface area contributed by atoms with Crippen molar-refractivity contribution in [2.24, 2.45) is 0 Å². The maximum Gasteiger partial charge on any atom is 0.0721 e. The summed E-state index contributed by atoms with van der Waals surface area (Å²) < 4.78 is 5.66. The lowest BCUT2D eigenvalue weighted by atomic mass is 10.1. The number of hydrogen-bond donors (Lipinski definition) is 1. The van der Waals surface area contributed by atoms with Crippen LogP contribution >= 0.6 is 0 Å². The molecule has 0 fully saturated rings. The molecule has 0 saturated heterocycles. The van der Waals surface area contributed by atoms with E-state index in [1.54, 1.807) is 0 Å². The third-order valence-corrected chi connectivity index (χ3v) is 2.91. The molecule has 1 N–H and O–H groups in total. The summed E-state index contributed by atoms with van der Waals surface area (Å²) in [7, 11) is 0. The zero-order valence-corrected chi connectivity index (χ0v) is 11.9. The van der Waals surface area contributed by atoms with E-state index in [0.717, 1.165) is 12.8 Å². The minimum Gasteiger partial charge on any atom is -0.392 e. The van der Waals surface area contributed by atoms with Crippen LogP contribution in [0.25, 0.3) is 0 Å². The largest absolute Gasteiger partial charge is 0.392 e. The summed E-state index contributed by atoms with van der Waals surface area (Å²) in [5.41, 5.74) is 3.70. The van der Waals surface area contributed by atoms with Gasteiger partial charge in [-0.25, -0.2) is 0 Å². The fourth-order valence-electron chi connectivity index (χ4n) is 1.77. The molecule has 104 valence electrons. The van der Waals surface area contributed by atoms with Crippen LogP contribution in [0, 0.1) is 0 Å². The molecule has 0 heterocycles. The van der Waals surface area contributed by atoms with Gasteiger partial charge in [0.2, 0.25) is 0 Å². The van der Waals surface area contributed by atoms with Gasteiger partial charge in [-0.15, -0.1) is 0 Å². The van der Waals surface area contributed by atoms with Crippen LogP contribution in [0.5, 0.6) is 0 Å². The minimum absolute atomic E-state index is 0.134. The molecule has 1 rings (SSSR count). The average molecular weight is 260 g/mol. The Balaban J connectivity index is 2.20. The summed E-state index contributed by atoms with van der Waals surface area (Å²) in [6, 6.07) is 10.2. The molecule has 0 amide bonds. The first-order valence-electron chi connectivity index (χ1n) is 6.76. The fourth-order valence-corrected chi connectivity index (χ4v) is 1.77. The van der Waals surface area contributed by atoms with E-state index < -0.39 is 0 Å². The van der Waals surface area contributed by atoms with E-state index in [4.69, 9.17) is 9.84 Å². The van der Waals surface area contributed by atoms with Gasteiger partial charge in [-0.05, 0) is 32.3 Å². The van der Waals surface area contributed by atoms with Gasteiger partial charge in [-0.2, -0.15) is 0 Å². The maximum absolute atomic E-state index is 8.76. The van der Waals surface area contributed by atoms with Gasteiger partial charge in [0.1, 0.15) is 0 Å². The van der Waals surface area contributed by atoms with E-state index in [1.807, 2.05) is 31.2 Å². The van der Waals surface area contributed by atoms with Gasteiger partial charge in [-0.3, -0.25) is 0 Å². The molecule has 2 nitrogen and oxygen atoms in total. The van der Waals surface area contributed by atoms with Crippen molar-refractivity contribution < 1.29 is 9.84 Å². The van der Waals surface area contributed by atoms with Crippen molar-refractivity contribution in [1.82, 2.24) is 0 Å². The second-order valence-corrected chi connectivity index (χ2v) is 4.80. The highest BCUT2D eigenvalue weighted by atomic mass is 16.5. The predicted octanol–water partition coefficient (Wildman–Crippen LogP) is 3.87. The molecule has 0 aliphatic heterocycles. The fraction of sp³-hybridized carbons (Fsp3) is 0.412. The highest BCUT2D eigenvalue weighted by Crippen LogP contribution is 2.07. The number of rotatable bonds is 8. The van der Waals surface area contributed by atoms with Crippen LogP contribution in [-0.2, 0) is 11.3 Å². The number of allylic oxidation sites excluding steroid dienone is 2. The van der Waals surface area contributed by atoms with Gasteiger partial charge < -0.3 is 9.84 Å². The molecule has 0 aromatic heterocycles. The lowest BCUT2D eigenvalue weighted by Crippen LogP contribution is -1.96. The Labute approximate surface area is 116 Å². The Kier molecular flexibility index (Phi) is 7.87. The van der Waals surface area contributed by atoms with Crippen molar-refractivity contribution in [3.05, 3.63) is 59.2 Å². The van der Waals surface area contributed by atoms with Crippen molar-refractivity contribution in [1.29, 1.82) is 0 Å². The Morgan fingerprint density at radius 2 is 1.84 bits per heavy atom. The van der Waals surface area contributed by atoms with Gasteiger partial charge in [0.15, 0.2) is 0 Å². The Bertz CT molecular complexity index is 405. The number of benzene rings is 1. The molecule has 0 spiro atoms. The highest BCUT2D eigenvalue weighted by Gasteiger charge is 1.94. The Morgan fingerprint density at radius 1 is 1.11 bits per heavy atom. The van der Waals surface area contributed by atoms with Crippen LogP contribution < -0.4 is 0 Å². The van der Waals surface area contributed by atoms with Crippen molar-refractivity contribution in [3.8, 4) is 0 Å². The van der Waals surface area contributed by atoms with E-state index >= 15 is 0 Å². The van der Waals surface area contributed by atoms with Gasteiger partial charge in [0, 0.05) is 0 Å². The van der Waals surface area contributed by atoms with Gasteiger partial charge >= 0.3 is 0 Å². The first-order chi connectivity index (χ1) is 9.22. The van der Waals surface area contributed by atoms with Crippen molar-refractivity contribution in [2.45, 2.75) is 33.3 Å². The zero-order valence-electron chi connectivity index (χ0n) is 11.9. The first-order valence-corrected chi connectivity index (χ1v) is 6.76. The smallest absolute Gasteiger partial charge is 0.0721 e. The molecule has 0 aliphatic rings. The normalized spacial score (nSPS) is 12.8. The lowest BCUT2D eigenvalue weighted by molar-refractivity contribution is 0.142. The second-order valence-electron chi connectivity index (χ2n) is 4.80. The Hall–Kier alpha value is -1.38. The topological polar surface area (TPSA) is 29.5 Å². The number of aliphatic hydroxyl groups is 1. The predicted molar refractivity (Wildman–Crippen MR) is 79.9 cm³/mol. The van der Waals surface area contributed by atoms with Gasteiger partial charge in [-0.1, -0.05) is 53.6 Å². The molecule has 1 aromatic carbocycles. The van der Waals surface area contributed by atoms with Crippen LogP contribution in [-0.4, -0.2) is 18.3 Å². The average Bonchev–Trinajstić information content (AvgIpc) is 2.40. The third kappa shape index (κ3) is 7.60. The van der Waals surface area contributed by atoms with Crippen molar-refractivity contribution >= 4 is 0 Å². The van der Waals surface area contributed by atoms with Crippen LogP contribution in [0.1, 0.15) is 32.3 Å².